The third-order valence-corrected chi connectivity index (χ3v) is 1.84. The highest BCUT2D eigenvalue weighted by molar-refractivity contribution is 5.75. The second-order valence-electron chi connectivity index (χ2n) is 3.25. The Labute approximate surface area is 97.2 Å². The predicted octanol–water partition coefficient (Wildman–Crippen LogP) is -0.878. The summed E-state index contributed by atoms with van der Waals surface area (Å²) in [7, 11) is 0. The maximum absolute atomic E-state index is 11.2. The van der Waals surface area contributed by atoms with Gasteiger partial charge in [0.1, 0.15) is 12.1 Å². The van der Waals surface area contributed by atoms with Gasteiger partial charge >= 0.3 is 11.9 Å². The highest BCUT2D eigenvalue weighted by Gasteiger charge is 2.23. The molecule has 2 unspecified atom stereocenters. The van der Waals surface area contributed by atoms with E-state index in [2.05, 4.69) is 4.84 Å². The molecule has 0 aromatic rings. The first kappa shape index (κ1) is 15.7. The van der Waals surface area contributed by atoms with E-state index in [-0.39, 0.29) is 19.4 Å². The van der Waals surface area contributed by atoms with E-state index >= 15 is 0 Å². The van der Waals surface area contributed by atoms with Crippen molar-refractivity contribution in [3.05, 3.63) is 0 Å². The number of carboxylic acids is 1. The topological polar surface area (TPSA) is 143 Å². The third kappa shape index (κ3) is 7.60. The lowest BCUT2D eigenvalue weighted by Crippen LogP contribution is -2.42. The molecule has 9 nitrogen and oxygen atoms in total. The van der Waals surface area contributed by atoms with Gasteiger partial charge in [-0.25, -0.2) is 0 Å². The largest absolute Gasteiger partial charge is 0.480 e. The van der Waals surface area contributed by atoms with Crippen LogP contribution in [-0.4, -0.2) is 51.6 Å². The van der Waals surface area contributed by atoms with Crippen molar-refractivity contribution in [3.63, 3.8) is 0 Å². The Morgan fingerprint density at radius 2 is 2.00 bits per heavy atom. The highest BCUT2D eigenvalue weighted by atomic mass is 17.1. The molecule has 9 heteroatoms. The number of nitrogens with zero attached hydrogens (tertiary/aromatic N) is 1. The normalized spacial score (nSPS) is 14.4. The molecule has 5 N–H and O–H groups in total. The molecule has 0 aliphatic carbocycles. The highest BCUT2D eigenvalue weighted by Crippen LogP contribution is 2.01. The molecule has 0 aromatic carbocycles. The van der Waals surface area contributed by atoms with Crippen LogP contribution in [0.15, 0.2) is 0 Å². The molecule has 17 heavy (non-hydrogen) atoms. The standard InChI is InChI=1S/C8H16N2O7/c1-5(7(9)8(12)13)17-6(11)3-2-4-16-10(14)15/h5,7,14-15H,2-4,9H2,1H3,(H,12,13). The van der Waals surface area contributed by atoms with Gasteiger partial charge in [0.2, 0.25) is 0 Å². The Morgan fingerprint density at radius 3 is 2.47 bits per heavy atom. The van der Waals surface area contributed by atoms with E-state index in [9.17, 15) is 9.59 Å². The molecule has 0 fully saturated rings. The number of carbonyl (C=O) groups excluding carboxylic acids is 1. The lowest BCUT2D eigenvalue weighted by atomic mass is 10.2. The summed E-state index contributed by atoms with van der Waals surface area (Å²) in [6, 6.07) is -1.28. The first-order chi connectivity index (χ1) is 7.84. The summed E-state index contributed by atoms with van der Waals surface area (Å²) in [5, 5.41) is 24.4. The van der Waals surface area contributed by atoms with Crippen LogP contribution in [0.25, 0.3) is 0 Å². The van der Waals surface area contributed by atoms with Gasteiger partial charge in [-0.1, -0.05) is 0 Å². The minimum atomic E-state index is -1.28. The van der Waals surface area contributed by atoms with Crippen molar-refractivity contribution < 1.29 is 34.7 Å². The van der Waals surface area contributed by atoms with Crippen LogP contribution in [0, 0.1) is 0 Å². The van der Waals surface area contributed by atoms with Crippen molar-refractivity contribution in [1.82, 2.24) is 5.39 Å². The monoisotopic (exact) mass is 252 g/mol. The molecule has 0 rings (SSSR count). The van der Waals surface area contributed by atoms with E-state index in [0.717, 1.165) is 0 Å². The van der Waals surface area contributed by atoms with Crippen LogP contribution < -0.4 is 5.73 Å². The summed E-state index contributed by atoms with van der Waals surface area (Å²) < 4.78 is 4.74. The Hall–Kier alpha value is -1.26. The molecule has 2 atom stereocenters. The Balaban J connectivity index is 3.75. The molecule has 0 radical (unpaired) electrons. The number of carboxylic acid groups (broad SMARTS) is 1. The maximum atomic E-state index is 11.2. The van der Waals surface area contributed by atoms with Gasteiger partial charge in [-0.05, 0) is 13.3 Å². The van der Waals surface area contributed by atoms with Crippen molar-refractivity contribution in [2.24, 2.45) is 5.73 Å². The second kappa shape index (κ2) is 7.92. The number of esters is 1. The average molecular weight is 252 g/mol. The fourth-order valence-corrected chi connectivity index (χ4v) is 0.903. The summed E-state index contributed by atoms with van der Waals surface area (Å²) in [6.45, 7) is 1.28. The van der Waals surface area contributed by atoms with Crippen LogP contribution in [-0.2, 0) is 19.2 Å². The molecular formula is C8H16N2O7. The van der Waals surface area contributed by atoms with E-state index in [1.54, 1.807) is 0 Å². The summed E-state index contributed by atoms with van der Waals surface area (Å²) in [4.78, 5) is 25.8. The predicted molar refractivity (Wildman–Crippen MR) is 51.8 cm³/mol. The summed E-state index contributed by atoms with van der Waals surface area (Å²) >= 11 is 0. The Kier molecular flexibility index (Phi) is 7.34. The van der Waals surface area contributed by atoms with Crippen molar-refractivity contribution in [2.75, 3.05) is 6.61 Å². The number of hydrogen-bond donors (Lipinski definition) is 4. The molecule has 0 bridgehead atoms. The Morgan fingerprint density at radius 1 is 1.41 bits per heavy atom. The van der Waals surface area contributed by atoms with Gasteiger partial charge in [-0.3, -0.25) is 24.8 Å². The SMILES string of the molecule is CC(OC(=O)CCCON(O)O)C(N)C(=O)O. The molecule has 0 heterocycles. The number of nitrogens with two attached hydrogens (primary N) is 1. The molecule has 0 spiro atoms. The molecule has 0 amide bonds. The van der Waals surface area contributed by atoms with Crippen LogP contribution in [0.2, 0.25) is 0 Å². The molecule has 0 saturated heterocycles. The van der Waals surface area contributed by atoms with E-state index in [1.807, 2.05) is 0 Å². The van der Waals surface area contributed by atoms with Crippen LogP contribution in [0.1, 0.15) is 19.8 Å². The zero-order valence-corrected chi connectivity index (χ0v) is 9.28. The van der Waals surface area contributed by atoms with Gasteiger partial charge in [0.15, 0.2) is 0 Å². The lowest BCUT2D eigenvalue weighted by Gasteiger charge is -2.16. The number of carbonyl (C=O) groups is 2. The van der Waals surface area contributed by atoms with E-state index in [4.69, 9.17) is 26.0 Å². The molecule has 0 aromatic heterocycles. The number of ether oxygens (including phenoxy) is 1. The third-order valence-electron chi connectivity index (χ3n) is 1.84. The van der Waals surface area contributed by atoms with Crippen LogP contribution in [0.4, 0.5) is 0 Å². The maximum Gasteiger partial charge on any atom is 0.324 e. The molecule has 0 aliphatic heterocycles. The summed E-state index contributed by atoms with van der Waals surface area (Å²) in [5.74, 6) is -1.90. The van der Waals surface area contributed by atoms with Crippen LogP contribution in [0.5, 0.6) is 0 Å². The van der Waals surface area contributed by atoms with Gasteiger partial charge in [-0.15, -0.1) is 0 Å². The zero-order chi connectivity index (χ0) is 13.4. The molecule has 100 valence electrons. The van der Waals surface area contributed by atoms with Crippen molar-refractivity contribution in [3.8, 4) is 0 Å². The van der Waals surface area contributed by atoms with Gasteiger partial charge in [-0.2, -0.15) is 0 Å². The first-order valence-electron chi connectivity index (χ1n) is 4.83. The van der Waals surface area contributed by atoms with Gasteiger partial charge in [0.25, 0.3) is 0 Å². The number of hydrogen-bond acceptors (Lipinski definition) is 8. The van der Waals surface area contributed by atoms with Gasteiger partial charge in [0, 0.05) is 6.42 Å². The van der Waals surface area contributed by atoms with E-state index in [0.29, 0.717) is 0 Å². The van der Waals surface area contributed by atoms with Crippen LogP contribution in [0.3, 0.4) is 0 Å². The lowest BCUT2D eigenvalue weighted by molar-refractivity contribution is -0.492. The van der Waals surface area contributed by atoms with Crippen molar-refractivity contribution in [2.45, 2.75) is 31.9 Å². The molecular weight excluding hydrogens is 236 g/mol. The second-order valence-corrected chi connectivity index (χ2v) is 3.25. The van der Waals surface area contributed by atoms with Gasteiger partial charge in [0.05, 0.1) is 12.0 Å². The van der Waals surface area contributed by atoms with E-state index < -0.39 is 29.5 Å². The van der Waals surface area contributed by atoms with Gasteiger partial charge < -0.3 is 15.6 Å². The Bertz CT molecular complexity index is 258. The minimum Gasteiger partial charge on any atom is -0.480 e. The van der Waals surface area contributed by atoms with Crippen LogP contribution >= 0.6 is 0 Å². The number of aliphatic carboxylic acids is 1. The average Bonchev–Trinajstić information content (AvgIpc) is 2.22. The van der Waals surface area contributed by atoms with Crippen molar-refractivity contribution >= 4 is 11.9 Å². The minimum absolute atomic E-state index is 0.0511. The first-order valence-corrected chi connectivity index (χ1v) is 4.83. The van der Waals surface area contributed by atoms with E-state index in [1.165, 1.54) is 6.92 Å². The molecule has 0 saturated carbocycles. The smallest absolute Gasteiger partial charge is 0.324 e. The summed E-state index contributed by atoms with van der Waals surface area (Å²) in [5.41, 5.74) is 5.23. The number of rotatable bonds is 8. The quantitative estimate of drug-likeness (QED) is 0.246. The van der Waals surface area contributed by atoms with Crippen molar-refractivity contribution in [1.29, 1.82) is 0 Å². The summed E-state index contributed by atoms with van der Waals surface area (Å²) in [6.07, 6.45) is -0.802. The zero-order valence-electron chi connectivity index (χ0n) is 9.28. The molecule has 0 aliphatic rings. The fraction of sp³-hybridized carbons (Fsp3) is 0.750. The fourth-order valence-electron chi connectivity index (χ4n) is 0.903.